The standard InChI is InChI=1S/C39H57NO6SSi/c1-12-14-15-16-27-21-30(41)34(29-20-25(5)17-18-28(29)24(3)4)31(22-27)45-23-32-35(38(43)44-19-13-2)40-36(42)33(37(40)47-32)26(6)46-48(10,11)39(7,8)9/h13,20-22,26,28-29,33,37,41H,2-3,12,14-19,23H2,1,4-11H3/t26-,28+,29-,33+,37?/m1/s1. The second kappa shape index (κ2) is 15.4. The number of hydrogen-bond donors (Lipinski definition) is 1. The maximum Gasteiger partial charge on any atom is 0.356 e. The predicted octanol–water partition coefficient (Wildman–Crippen LogP) is 9.40. The predicted molar refractivity (Wildman–Crippen MR) is 199 cm³/mol. The third-order valence-electron chi connectivity index (χ3n) is 10.5. The van der Waals surface area contributed by atoms with Gasteiger partial charge in [0, 0.05) is 11.5 Å². The fourth-order valence-electron chi connectivity index (χ4n) is 6.75. The highest BCUT2D eigenvalue weighted by Gasteiger charge is 2.59. The molecule has 1 aromatic rings. The molecule has 1 fully saturated rings. The minimum Gasteiger partial charge on any atom is -0.507 e. The number of amides is 1. The van der Waals surface area contributed by atoms with Crippen molar-refractivity contribution in [3.05, 3.63) is 70.3 Å². The summed E-state index contributed by atoms with van der Waals surface area (Å²) >= 11 is 1.48. The van der Waals surface area contributed by atoms with E-state index in [-0.39, 0.29) is 58.9 Å². The SMILES string of the molecule is C=CCOC(=O)C1=C(COc2cc(CCCCC)cc(O)c2[C@@H]2C=C(C)CC[C@H]2C(=C)C)SC2[C@@H]([C@@H](C)O[Si](C)(C)C(C)(C)C)C(=O)N12. The minimum atomic E-state index is -2.14. The molecule has 7 nitrogen and oxygen atoms in total. The van der Waals surface area contributed by atoms with Gasteiger partial charge in [-0.25, -0.2) is 4.79 Å². The number of benzene rings is 1. The van der Waals surface area contributed by atoms with Crippen molar-refractivity contribution in [3.8, 4) is 11.5 Å². The number of fused-ring (bicyclic) bond motifs is 1. The van der Waals surface area contributed by atoms with E-state index in [0.29, 0.717) is 10.7 Å². The third kappa shape index (κ3) is 8.00. The number of allylic oxidation sites excluding steroid dienone is 3. The van der Waals surface area contributed by atoms with E-state index in [2.05, 4.69) is 73.9 Å². The highest BCUT2D eigenvalue weighted by atomic mass is 32.2. The molecule has 1 unspecified atom stereocenters. The van der Waals surface area contributed by atoms with Crippen molar-refractivity contribution in [1.29, 1.82) is 0 Å². The first-order valence-corrected chi connectivity index (χ1v) is 21.3. The maximum atomic E-state index is 13.7. The fourth-order valence-corrected chi connectivity index (χ4v) is 9.69. The Morgan fingerprint density at radius 3 is 2.58 bits per heavy atom. The van der Waals surface area contributed by atoms with Gasteiger partial charge in [-0.1, -0.05) is 88.8 Å². The van der Waals surface area contributed by atoms with Crippen LogP contribution >= 0.6 is 11.8 Å². The molecule has 9 heteroatoms. The Bertz CT molecular complexity index is 1470. The number of phenolic OH excluding ortho intramolecular Hbond substituents is 1. The Kier molecular flexibility index (Phi) is 12.2. The van der Waals surface area contributed by atoms with Crippen LogP contribution in [-0.4, -0.2) is 54.9 Å². The molecule has 2 aliphatic heterocycles. The average Bonchev–Trinajstić information content (AvgIpc) is 3.31. The molecule has 0 spiro atoms. The first kappa shape index (κ1) is 38.1. The molecule has 5 atom stereocenters. The van der Waals surface area contributed by atoms with Gasteiger partial charge in [-0.15, -0.1) is 0 Å². The summed E-state index contributed by atoms with van der Waals surface area (Å²) in [5.74, 6) is -0.201. The van der Waals surface area contributed by atoms with Gasteiger partial charge >= 0.3 is 5.97 Å². The van der Waals surface area contributed by atoms with E-state index < -0.39 is 20.2 Å². The van der Waals surface area contributed by atoms with Crippen LogP contribution in [0, 0.1) is 11.8 Å². The maximum absolute atomic E-state index is 13.7. The molecule has 48 heavy (non-hydrogen) atoms. The normalized spacial score (nSPS) is 23.3. The number of hydrogen-bond acceptors (Lipinski definition) is 7. The van der Waals surface area contributed by atoms with E-state index in [4.69, 9.17) is 13.9 Å². The number of carbonyl (C=O) groups is 2. The number of thioether (sulfide) groups is 1. The molecule has 264 valence electrons. The van der Waals surface area contributed by atoms with Crippen molar-refractivity contribution < 1.29 is 28.6 Å². The minimum absolute atomic E-state index is 0.00296. The number of β-lactam (4-membered cyclic amide) rings is 1. The summed E-state index contributed by atoms with van der Waals surface area (Å²) in [6.07, 6.45) is 9.44. The molecule has 0 radical (unpaired) electrons. The van der Waals surface area contributed by atoms with Crippen molar-refractivity contribution in [2.45, 2.75) is 123 Å². The van der Waals surface area contributed by atoms with Crippen molar-refractivity contribution in [2.24, 2.45) is 11.8 Å². The lowest BCUT2D eigenvalue weighted by molar-refractivity contribution is -0.157. The van der Waals surface area contributed by atoms with Gasteiger partial charge in [0.25, 0.3) is 0 Å². The molecular formula is C39H57NO6SSi. The third-order valence-corrected chi connectivity index (χ3v) is 16.4. The molecule has 1 saturated heterocycles. The lowest BCUT2D eigenvalue weighted by Crippen LogP contribution is -2.62. The molecule has 1 N–H and O–H groups in total. The number of aryl methyl sites for hydroxylation is 1. The number of rotatable bonds is 15. The van der Waals surface area contributed by atoms with E-state index in [1.54, 1.807) is 4.90 Å². The van der Waals surface area contributed by atoms with E-state index in [0.717, 1.165) is 55.2 Å². The molecule has 0 saturated carbocycles. The summed E-state index contributed by atoms with van der Waals surface area (Å²) in [6.45, 7) is 27.3. The molecule has 4 rings (SSSR count). The quantitative estimate of drug-likeness (QED) is 0.0643. The van der Waals surface area contributed by atoms with Crippen molar-refractivity contribution >= 4 is 32.0 Å². The van der Waals surface area contributed by atoms with Gasteiger partial charge in [0.15, 0.2) is 8.32 Å². The zero-order chi connectivity index (χ0) is 35.6. The van der Waals surface area contributed by atoms with Crippen LogP contribution in [0.25, 0.3) is 0 Å². The van der Waals surface area contributed by atoms with Crippen LogP contribution in [0.3, 0.4) is 0 Å². The number of ether oxygens (including phenoxy) is 2. The van der Waals surface area contributed by atoms with Gasteiger partial charge in [-0.05, 0) is 88.2 Å². The van der Waals surface area contributed by atoms with Crippen LogP contribution in [0.1, 0.15) is 97.6 Å². The Balaban J connectivity index is 1.69. The summed E-state index contributed by atoms with van der Waals surface area (Å²) in [5, 5.41) is 11.3. The number of unbranched alkanes of at least 4 members (excludes halogenated alkanes) is 2. The fraction of sp³-hybridized carbons (Fsp3) is 0.590. The molecule has 2 heterocycles. The molecule has 1 aromatic carbocycles. The zero-order valence-corrected chi connectivity index (χ0v) is 32.4. The van der Waals surface area contributed by atoms with Gasteiger partial charge in [-0.2, -0.15) is 0 Å². The Morgan fingerprint density at radius 1 is 1.25 bits per heavy atom. The zero-order valence-electron chi connectivity index (χ0n) is 30.6. The van der Waals surface area contributed by atoms with Gasteiger partial charge in [0.05, 0.1) is 16.9 Å². The van der Waals surface area contributed by atoms with Crippen molar-refractivity contribution in [2.75, 3.05) is 13.2 Å². The number of esters is 1. The molecule has 0 bridgehead atoms. The number of aromatic hydroxyl groups is 1. The largest absolute Gasteiger partial charge is 0.507 e. The van der Waals surface area contributed by atoms with E-state index in [1.165, 1.54) is 23.4 Å². The Hall–Kier alpha value is -2.75. The van der Waals surface area contributed by atoms with Crippen molar-refractivity contribution in [3.63, 3.8) is 0 Å². The summed E-state index contributed by atoms with van der Waals surface area (Å²) in [7, 11) is -2.14. The van der Waals surface area contributed by atoms with Gasteiger partial charge in [-0.3, -0.25) is 9.69 Å². The smallest absolute Gasteiger partial charge is 0.356 e. The molecule has 3 aliphatic rings. The number of nitrogens with zero attached hydrogens (tertiary/aromatic N) is 1. The first-order chi connectivity index (χ1) is 22.5. The van der Waals surface area contributed by atoms with Crippen LogP contribution in [-0.2, 0) is 25.2 Å². The lowest BCUT2D eigenvalue weighted by atomic mass is 9.73. The van der Waals surface area contributed by atoms with E-state index in [1.807, 2.05) is 19.1 Å². The molecular weight excluding hydrogens is 639 g/mol. The highest BCUT2D eigenvalue weighted by molar-refractivity contribution is 8.04. The van der Waals surface area contributed by atoms with Gasteiger partial charge in [0.1, 0.15) is 35.8 Å². The van der Waals surface area contributed by atoms with Crippen molar-refractivity contribution in [1.82, 2.24) is 4.90 Å². The molecule has 1 aliphatic carbocycles. The van der Waals surface area contributed by atoms with Crippen LogP contribution in [0.2, 0.25) is 18.1 Å². The van der Waals surface area contributed by atoms with Crippen LogP contribution in [0.15, 0.2) is 59.2 Å². The van der Waals surface area contributed by atoms with E-state index >= 15 is 0 Å². The number of phenols is 1. The summed E-state index contributed by atoms with van der Waals surface area (Å²) in [4.78, 5) is 29.4. The topological polar surface area (TPSA) is 85.3 Å². The second-order valence-electron chi connectivity index (χ2n) is 15.3. The van der Waals surface area contributed by atoms with Crippen LogP contribution in [0.5, 0.6) is 11.5 Å². The first-order valence-electron chi connectivity index (χ1n) is 17.5. The summed E-state index contributed by atoms with van der Waals surface area (Å²) in [6, 6.07) is 3.93. The van der Waals surface area contributed by atoms with Crippen LogP contribution < -0.4 is 4.74 Å². The molecule has 1 amide bonds. The van der Waals surface area contributed by atoms with Crippen LogP contribution in [0.4, 0.5) is 0 Å². The summed E-state index contributed by atoms with van der Waals surface area (Å²) in [5.41, 5.74) is 4.34. The Morgan fingerprint density at radius 2 is 1.96 bits per heavy atom. The highest BCUT2D eigenvalue weighted by Crippen LogP contribution is 2.53. The van der Waals surface area contributed by atoms with Gasteiger partial charge in [0.2, 0.25) is 5.91 Å². The van der Waals surface area contributed by atoms with E-state index in [9.17, 15) is 14.7 Å². The lowest BCUT2D eigenvalue weighted by Gasteiger charge is -2.48. The Labute approximate surface area is 294 Å². The summed E-state index contributed by atoms with van der Waals surface area (Å²) < 4.78 is 18.8. The average molecular weight is 696 g/mol. The second-order valence-corrected chi connectivity index (χ2v) is 21.3. The van der Waals surface area contributed by atoms with Gasteiger partial charge < -0.3 is 19.0 Å². The monoisotopic (exact) mass is 695 g/mol. The molecule has 0 aromatic heterocycles. The number of carbonyl (C=O) groups excluding carboxylic acids is 2.